The number of carbonyl (C=O) groups excluding carboxylic acids is 1. The van der Waals surface area contributed by atoms with E-state index in [2.05, 4.69) is 30.0 Å². The van der Waals surface area contributed by atoms with E-state index in [4.69, 9.17) is 0 Å². The van der Waals surface area contributed by atoms with Crippen LogP contribution in [0.15, 0.2) is 28.0 Å². The second-order valence-corrected chi connectivity index (χ2v) is 10.00. The molecule has 128 valence electrons. The summed E-state index contributed by atoms with van der Waals surface area (Å²) >= 11 is 1.17. The Labute approximate surface area is 142 Å². The third-order valence-electron chi connectivity index (χ3n) is 4.31. The fraction of sp³-hybridized carbons (Fsp3) is 0.562. The van der Waals surface area contributed by atoms with Crippen LogP contribution >= 0.6 is 11.3 Å². The van der Waals surface area contributed by atoms with Crippen LogP contribution in [0.4, 0.5) is 0 Å². The van der Waals surface area contributed by atoms with Crippen LogP contribution in [0.2, 0.25) is 0 Å². The van der Waals surface area contributed by atoms with E-state index in [0.29, 0.717) is 6.54 Å². The van der Waals surface area contributed by atoms with Gasteiger partial charge >= 0.3 is 0 Å². The lowest BCUT2D eigenvalue weighted by atomic mass is 10.1. The lowest BCUT2D eigenvalue weighted by Gasteiger charge is -2.04. The first-order valence-electron chi connectivity index (χ1n) is 7.54. The van der Waals surface area contributed by atoms with Gasteiger partial charge in [-0.05, 0) is 44.4 Å². The molecule has 23 heavy (non-hydrogen) atoms. The zero-order valence-electron chi connectivity index (χ0n) is 14.1. The molecule has 1 fully saturated rings. The van der Waals surface area contributed by atoms with Gasteiger partial charge < -0.3 is 5.32 Å². The maximum absolute atomic E-state index is 12.4. The van der Waals surface area contributed by atoms with Crippen molar-refractivity contribution < 1.29 is 13.2 Å². The minimum absolute atomic E-state index is 0.0159. The molecule has 0 aromatic carbocycles. The molecule has 5 nitrogen and oxygen atoms in total. The van der Waals surface area contributed by atoms with Gasteiger partial charge in [-0.15, -0.1) is 11.3 Å². The molecule has 7 heteroatoms. The molecule has 2 rings (SSSR count). The monoisotopic (exact) mass is 356 g/mol. The first-order chi connectivity index (χ1) is 10.6. The number of rotatable bonds is 6. The molecule has 1 aliphatic carbocycles. The average Bonchev–Trinajstić information content (AvgIpc) is 2.83. The Balaban J connectivity index is 1.97. The second-order valence-electron chi connectivity index (χ2n) is 6.71. The summed E-state index contributed by atoms with van der Waals surface area (Å²) in [6.07, 6.45) is 2.16. The van der Waals surface area contributed by atoms with Gasteiger partial charge in [0.05, 0.1) is 12.5 Å². The number of carbonyl (C=O) groups is 1. The van der Waals surface area contributed by atoms with E-state index in [0.717, 1.165) is 4.88 Å². The molecule has 1 amide bonds. The molecule has 0 bridgehead atoms. The van der Waals surface area contributed by atoms with Crippen LogP contribution < -0.4 is 10.0 Å². The number of thiophene rings is 1. The van der Waals surface area contributed by atoms with Crippen LogP contribution in [0.3, 0.4) is 0 Å². The summed E-state index contributed by atoms with van der Waals surface area (Å²) in [6, 6.07) is 3.30. The van der Waals surface area contributed by atoms with Crippen molar-refractivity contribution in [2.75, 3.05) is 7.05 Å². The van der Waals surface area contributed by atoms with E-state index in [1.165, 1.54) is 24.0 Å². The quantitative estimate of drug-likeness (QED) is 0.769. The summed E-state index contributed by atoms with van der Waals surface area (Å²) in [6.45, 7) is 8.64. The van der Waals surface area contributed by atoms with Crippen LogP contribution in [0.5, 0.6) is 0 Å². The summed E-state index contributed by atoms with van der Waals surface area (Å²) in [5.41, 5.74) is 1.20. The molecule has 1 aromatic rings. The maximum atomic E-state index is 12.4. The lowest BCUT2D eigenvalue weighted by Crippen LogP contribution is -2.26. The fourth-order valence-corrected chi connectivity index (χ4v) is 4.96. The van der Waals surface area contributed by atoms with Gasteiger partial charge in [0.15, 0.2) is 0 Å². The highest BCUT2D eigenvalue weighted by Crippen LogP contribution is 2.59. The van der Waals surface area contributed by atoms with Crippen LogP contribution in [0.1, 0.15) is 32.6 Å². The largest absolute Gasteiger partial charge is 0.351 e. The van der Waals surface area contributed by atoms with Crippen molar-refractivity contribution in [2.24, 2.45) is 17.3 Å². The van der Waals surface area contributed by atoms with E-state index in [9.17, 15) is 13.2 Å². The average molecular weight is 357 g/mol. The van der Waals surface area contributed by atoms with Gasteiger partial charge in [-0.3, -0.25) is 4.79 Å². The zero-order chi connectivity index (χ0) is 17.4. The smallest absolute Gasteiger partial charge is 0.249 e. The standard InChI is InChI=1S/C16H24N2O3S2/c1-10(2)8-12-14(16(12,3)4)15(19)18-9-11-6-7-13(22-11)23(20,21)17-5/h6-8,12,14,17H,9H2,1-5H3,(H,18,19). The van der Waals surface area contributed by atoms with Gasteiger partial charge in [0.1, 0.15) is 4.21 Å². The molecule has 0 radical (unpaired) electrons. The summed E-state index contributed by atoms with van der Waals surface area (Å²) in [4.78, 5) is 13.2. The van der Waals surface area contributed by atoms with Crippen LogP contribution in [0.25, 0.3) is 0 Å². The van der Waals surface area contributed by atoms with E-state index in [1.807, 2.05) is 13.8 Å². The molecule has 0 aliphatic heterocycles. The molecule has 2 atom stereocenters. The van der Waals surface area contributed by atoms with Crippen molar-refractivity contribution in [1.29, 1.82) is 0 Å². The predicted octanol–water partition coefficient (Wildman–Crippen LogP) is 2.51. The Morgan fingerprint density at radius 3 is 2.57 bits per heavy atom. The lowest BCUT2D eigenvalue weighted by molar-refractivity contribution is -0.123. The molecule has 2 unspecified atom stereocenters. The predicted molar refractivity (Wildman–Crippen MR) is 92.6 cm³/mol. The first kappa shape index (κ1) is 18.2. The number of amides is 1. The van der Waals surface area contributed by atoms with Gasteiger partial charge in [-0.1, -0.05) is 25.5 Å². The molecule has 0 saturated heterocycles. The Morgan fingerprint density at radius 2 is 2.00 bits per heavy atom. The van der Waals surface area contributed by atoms with Crippen molar-refractivity contribution in [3.05, 3.63) is 28.7 Å². The Bertz CT molecular complexity index is 728. The third-order valence-corrected chi connectivity index (χ3v) is 7.30. The number of hydrogen-bond donors (Lipinski definition) is 2. The highest BCUT2D eigenvalue weighted by atomic mass is 32.2. The van der Waals surface area contributed by atoms with Gasteiger partial charge in [0, 0.05) is 4.88 Å². The number of hydrogen-bond acceptors (Lipinski definition) is 4. The minimum atomic E-state index is -3.41. The molecular formula is C16H24N2O3S2. The Hall–Kier alpha value is -1.18. The summed E-state index contributed by atoms with van der Waals surface area (Å²) < 4.78 is 26.0. The maximum Gasteiger partial charge on any atom is 0.249 e. The Kier molecular flexibility index (Phi) is 5.03. The van der Waals surface area contributed by atoms with E-state index < -0.39 is 10.0 Å². The van der Waals surface area contributed by atoms with Crippen molar-refractivity contribution in [3.63, 3.8) is 0 Å². The zero-order valence-corrected chi connectivity index (χ0v) is 15.8. The first-order valence-corrected chi connectivity index (χ1v) is 9.84. The van der Waals surface area contributed by atoms with Crippen molar-refractivity contribution in [3.8, 4) is 0 Å². The normalized spacial score (nSPS) is 22.5. The molecule has 2 N–H and O–H groups in total. The topological polar surface area (TPSA) is 75.3 Å². The van der Waals surface area contributed by atoms with Gasteiger partial charge in [0.2, 0.25) is 15.9 Å². The fourth-order valence-electron chi connectivity index (χ4n) is 2.83. The van der Waals surface area contributed by atoms with Gasteiger partial charge in [-0.25, -0.2) is 13.1 Å². The van der Waals surface area contributed by atoms with Gasteiger partial charge in [0.25, 0.3) is 0 Å². The van der Waals surface area contributed by atoms with E-state index in [1.54, 1.807) is 12.1 Å². The minimum Gasteiger partial charge on any atom is -0.351 e. The summed E-state index contributed by atoms with van der Waals surface area (Å²) in [7, 11) is -2.03. The van der Waals surface area contributed by atoms with Crippen LogP contribution in [0, 0.1) is 17.3 Å². The molecule has 1 heterocycles. The van der Waals surface area contributed by atoms with Crippen molar-refractivity contribution >= 4 is 27.3 Å². The molecular weight excluding hydrogens is 332 g/mol. The van der Waals surface area contributed by atoms with Crippen molar-refractivity contribution in [2.45, 2.75) is 38.4 Å². The molecule has 1 aliphatic rings. The number of allylic oxidation sites excluding steroid dienone is 2. The highest BCUT2D eigenvalue weighted by molar-refractivity contribution is 7.91. The van der Waals surface area contributed by atoms with Gasteiger partial charge in [-0.2, -0.15) is 0 Å². The van der Waals surface area contributed by atoms with Crippen LogP contribution in [-0.2, 0) is 21.4 Å². The molecule has 1 aromatic heterocycles. The SMILES string of the molecule is CNS(=O)(=O)c1ccc(CNC(=O)C2C(C=C(C)C)C2(C)C)s1. The summed E-state index contributed by atoms with van der Waals surface area (Å²) in [5, 5.41) is 2.93. The number of sulfonamides is 1. The second kappa shape index (κ2) is 6.37. The highest BCUT2D eigenvalue weighted by Gasteiger charge is 2.60. The molecule has 1 saturated carbocycles. The third kappa shape index (κ3) is 3.84. The van der Waals surface area contributed by atoms with Crippen molar-refractivity contribution in [1.82, 2.24) is 10.0 Å². The van der Waals surface area contributed by atoms with E-state index in [-0.39, 0.29) is 27.4 Å². The summed E-state index contributed by atoms with van der Waals surface area (Å²) in [5.74, 6) is 0.290. The molecule has 0 spiro atoms. The van der Waals surface area contributed by atoms with E-state index >= 15 is 0 Å². The number of nitrogens with one attached hydrogen (secondary N) is 2. The Morgan fingerprint density at radius 1 is 1.35 bits per heavy atom. The van der Waals surface area contributed by atoms with Crippen LogP contribution in [-0.4, -0.2) is 21.4 Å².